The Bertz CT molecular complexity index is 907. The van der Waals surface area contributed by atoms with Gasteiger partial charge in [-0.25, -0.2) is 8.78 Å². The van der Waals surface area contributed by atoms with Gasteiger partial charge in [-0.05, 0) is 43.7 Å². The standard InChI is InChI=1S/C17H16F2N4O/c1-3-22(9-12-4-6-14(18)15(19)8-12)17(24)13-5-7-16-21-20-11(2)23(16)10-13/h4-8,10H,3,9H2,1-2H3. The van der Waals surface area contributed by atoms with Gasteiger partial charge in [0.25, 0.3) is 5.91 Å². The number of aromatic nitrogens is 3. The van der Waals surface area contributed by atoms with E-state index in [0.29, 0.717) is 29.1 Å². The molecule has 0 bridgehead atoms. The predicted octanol–water partition coefficient (Wildman–Crippen LogP) is 2.98. The lowest BCUT2D eigenvalue weighted by Crippen LogP contribution is -2.30. The molecule has 1 amide bonds. The van der Waals surface area contributed by atoms with Crippen molar-refractivity contribution in [1.82, 2.24) is 19.5 Å². The Hall–Kier alpha value is -2.83. The molecule has 3 aromatic rings. The van der Waals surface area contributed by atoms with E-state index in [2.05, 4.69) is 10.2 Å². The number of aryl methyl sites for hydroxylation is 1. The van der Waals surface area contributed by atoms with Crippen LogP contribution in [-0.4, -0.2) is 31.9 Å². The Morgan fingerprint density at radius 3 is 2.67 bits per heavy atom. The van der Waals surface area contributed by atoms with Gasteiger partial charge in [0.05, 0.1) is 5.56 Å². The Morgan fingerprint density at radius 2 is 1.96 bits per heavy atom. The highest BCUT2D eigenvalue weighted by Gasteiger charge is 2.16. The van der Waals surface area contributed by atoms with E-state index in [4.69, 9.17) is 0 Å². The van der Waals surface area contributed by atoms with Gasteiger partial charge in [0.2, 0.25) is 0 Å². The highest BCUT2D eigenvalue weighted by molar-refractivity contribution is 5.94. The third-order valence-electron chi connectivity index (χ3n) is 3.85. The smallest absolute Gasteiger partial charge is 0.255 e. The summed E-state index contributed by atoms with van der Waals surface area (Å²) in [6.45, 7) is 4.27. The van der Waals surface area contributed by atoms with E-state index in [1.807, 2.05) is 6.92 Å². The van der Waals surface area contributed by atoms with Gasteiger partial charge in [-0.15, -0.1) is 10.2 Å². The molecular weight excluding hydrogens is 314 g/mol. The number of carbonyl (C=O) groups is 1. The molecule has 5 nitrogen and oxygen atoms in total. The minimum absolute atomic E-state index is 0.197. The Labute approximate surface area is 137 Å². The van der Waals surface area contributed by atoms with Crippen molar-refractivity contribution in [3.8, 4) is 0 Å². The molecule has 2 heterocycles. The Balaban J connectivity index is 1.86. The summed E-state index contributed by atoms with van der Waals surface area (Å²) in [7, 11) is 0. The molecular formula is C17H16F2N4O. The van der Waals surface area contributed by atoms with Gasteiger partial charge in [0, 0.05) is 19.3 Å². The lowest BCUT2D eigenvalue weighted by atomic mass is 10.1. The van der Waals surface area contributed by atoms with Gasteiger partial charge in [0.1, 0.15) is 5.82 Å². The lowest BCUT2D eigenvalue weighted by molar-refractivity contribution is 0.0752. The van der Waals surface area contributed by atoms with Crippen molar-refractivity contribution < 1.29 is 13.6 Å². The molecule has 0 spiro atoms. The van der Waals surface area contributed by atoms with Gasteiger partial charge >= 0.3 is 0 Å². The molecule has 0 N–H and O–H groups in total. The minimum atomic E-state index is -0.919. The monoisotopic (exact) mass is 330 g/mol. The molecule has 0 aliphatic carbocycles. The number of benzene rings is 1. The number of rotatable bonds is 4. The summed E-state index contributed by atoms with van der Waals surface area (Å²) >= 11 is 0. The summed E-state index contributed by atoms with van der Waals surface area (Å²) in [5.41, 5.74) is 1.67. The Kier molecular flexibility index (Phi) is 4.24. The first-order valence-corrected chi connectivity index (χ1v) is 7.54. The first-order valence-electron chi connectivity index (χ1n) is 7.54. The van der Waals surface area contributed by atoms with Gasteiger partial charge in [0.15, 0.2) is 17.3 Å². The average Bonchev–Trinajstić information content (AvgIpc) is 2.96. The molecule has 7 heteroatoms. The molecule has 0 atom stereocenters. The van der Waals surface area contributed by atoms with Crippen molar-refractivity contribution in [3.05, 3.63) is 65.1 Å². The maximum atomic E-state index is 13.3. The molecule has 0 radical (unpaired) electrons. The van der Waals surface area contributed by atoms with Crippen LogP contribution in [-0.2, 0) is 6.54 Å². The molecule has 2 aromatic heterocycles. The predicted molar refractivity (Wildman–Crippen MR) is 84.5 cm³/mol. The van der Waals surface area contributed by atoms with Crippen LogP contribution in [0.15, 0.2) is 36.5 Å². The molecule has 0 saturated carbocycles. The number of amides is 1. The van der Waals surface area contributed by atoms with Crippen molar-refractivity contribution in [2.45, 2.75) is 20.4 Å². The minimum Gasteiger partial charge on any atom is -0.335 e. The molecule has 0 fully saturated rings. The largest absolute Gasteiger partial charge is 0.335 e. The Morgan fingerprint density at radius 1 is 1.17 bits per heavy atom. The van der Waals surface area contributed by atoms with Gasteiger partial charge in [-0.1, -0.05) is 6.07 Å². The van der Waals surface area contributed by atoms with Crippen molar-refractivity contribution >= 4 is 11.6 Å². The second-order valence-corrected chi connectivity index (χ2v) is 5.46. The number of fused-ring (bicyclic) bond motifs is 1. The molecule has 0 saturated heterocycles. The van der Waals surface area contributed by atoms with E-state index in [1.165, 1.54) is 6.07 Å². The van der Waals surface area contributed by atoms with Crippen LogP contribution >= 0.6 is 0 Å². The molecule has 3 rings (SSSR count). The van der Waals surface area contributed by atoms with E-state index in [-0.39, 0.29) is 12.5 Å². The van der Waals surface area contributed by atoms with Gasteiger partial charge < -0.3 is 4.90 Å². The van der Waals surface area contributed by atoms with Crippen molar-refractivity contribution in [3.63, 3.8) is 0 Å². The number of carbonyl (C=O) groups excluding carboxylic acids is 1. The fraction of sp³-hybridized carbons (Fsp3) is 0.235. The van der Waals surface area contributed by atoms with E-state index < -0.39 is 11.6 Å². The summed E-state index contributed by atoms with van der Waals surface area (Å²) in [5, 5.41) is 7.94. The third kappa shape index (κ3) is 2.97. The second kappa shape index (κ2) is 6.35. The number of pyridine rings is 1. The topological polar surface area (TPSA) is 50.5 Å². The SMILES string of the molecule is CCN(Cc1ccc(F)c(F)c1)C(=O)c1ccc2nnc(C)n2c1. The summed E-state index contributed by atoms with van der Waals surface area (Å²) in [6, 6.07) is 7.05. The first kappa shape index (κ1) is 16.0. The van der Waals surface area contributed by atoms with E-state index >= 15 is 0 Å². The van der Waals surface area contributed by atoms with E-state index in [0.717, 1.165) is 12.1 Å². The highest BCUT2D eigenvalue weighted by Crippen LogP contribution is 2.14. The lowest BCUT2D eigenvalue weighted by Gasteiger charge is -2.21. The summed E-state index contributed by atoms with van der Waals surface area (Å²) < 4.78 is 28.1. The molecule has 0 unspecified atom stereocenters. The number of hydrogen-bond donors (Lipinski definition) is 0. The van der Waals surface area contributed by atoms with Crippen LogP contribution in [0.2, 0.25) is 0 Å². The van der Waals surface area contributed by atoms with Crippen LogP contribution < -0.4 is 0 Å². The van der Waals surface area contributed by atoms with Crippen molar-refractivity contribution in [2.75, 3.05) is 6.54 Å². The van der Waals surface area contributed by atoms with Crippen molar-refractivity contribution in [2.24, 2.45) is 0 Å². The maximum Gasteiger partial charge on any atom is 0.255 e. The van der Waals surface area contributed by atoms with Crippen LogP contribution in [0.5, 0.6) is 0 Å². The van der Waals surface area contributed by atoms with Crippen LogP contribution in [0.4, 0.5) is 8.78 Å². The highest BCUT2D eigenvalue weighted by atomic mass is 19.2. The number of hydrogen-bond acceptors (Lipinski definition) is 3. The normalized spacial score (nSPS) is 11.0. The zero-order valence-electron chi connectivity index (χ0n) is 13.3. The number of halogens is 2. The molecule has 124 valence electrons. The molecule has 1 aromatic carbocycles. The van der Waals surface area contributed by atoms with E-state index in [1.54, 1.807) is 34.6 Å². The first-order chi connectivity index (χ1) is 11.5. The number of nitrogens with zero attached hydrogens (tertiary/aromatic N) is 4. The quantitative estimate of drug-likeness (QED) is 0.739. The van der Waals surface area contributed by atoms with Gasteiger partial charge in [-0.2, -0.15) is 0 Å². The summed E-state index contributed by atoms with van der Waals surface area (Å²) in [5.74, 6) is -1.33. The molecule has 0 aliphatic heterocycles. The van der Waals surface area contributed by atoms with Crippen LogP contribution in [0, 0.1) is 18.6 Å². The van der Waals surface area contributed by atoms with Crippen molar-refractivity contribution in [1.29, 1.82) is 0 Å². The van der Waals surface area contributed by atoms with Crippen LogP contribution in [0.25, 0.3) is 5.65 Å². The molecule has 0 aliphatic rings. The maximum absolute atomic E-state index is 13.3. The summed E-state index contributed by atoms with van der Waals surface area (Å²) in [6.07, 6.45) is 1.68. The molecule has 24 heavy (non-hydrogen) atoms. The fourth-order valence-electron chi connectivity index (χ4n) is 2.50. The second-order valence-electron chi connectivity index (χ2n) is 5.46. The summed E-state index contributed by atoms with van der Waals surface area (Å²) in [4.78, 5) is 14.3. The van der Waals surface area contributed by atoms with Gasteiger partial charge in [-0.3, -0.25) is 9.20 Å². The fourth-order valence-corrected chi connectivity index (χ4v) is 2.50. The van der Waals surface area contributed by atoms with Crippen LogP contribution in [0.3, 0.4) is 0 Å². The van der Waals surface area contributed by atoms with Crippen LogP contribution in [0.1, 0.15) is 28.7 Å². The van der Waals surface area contributed by atoms with E-state index in [9.17, 15) is 13.6 Å². The zero-order valence-corrected chi connectivity index (χ0v) is 13.3. The average molecular weight is 330 g/mol. The third-order valence-corrected chi connectivity index (χ3v) is 3.85. The zero-order chi connectivity index (χ0) is 17.3.